The number of nitriles is 1. The van der Waals surface area contributed by atoms with Crippen LogP contribution in [0.15, 0.2) is 84.9 Å². The lowest BCUT2D eigenvalue weighted by atomic mass is 9.90. The van der Waals surface area contributed by atoms with E-state index < -0.39 is 6.09 Å². The van der Waals surface area contributed by atoms with Gasteiger partial charge in [0.05, 0.1) is 12.7 Å². The molecule has 4 nitrogen and oxygen atoms in total. The van der Waals surface area contributed by atoms with Crippen molar-refractivity contribution in [2.75, 3.05) is 12.4 Å². The van der Waals surface area contributed by atoms with Crippen LogP contribution in [0.5, 0.6) is 0 Å². The first-order valence-corrected chi connectivity index (χ1v) is 8.43. The number of methoxy groups -OCH3 is 1. The molecule has 3 rings (SSSR count). The van der Waals surface area contributed by atoms with Crippen molar-refractivity contribution in [1.29, 1.82) is 5.26 Å². The van der Waals surface area contributed by atoms with Gasteiger partial charge in [0.1, 0.15) is 6.07 Å². The molecule has 0 saturated heterocycles. The topological polar surface area (TPSA) is 62.1 Å². The predicted octanol–water partition coefficient (Wildman–Crippen LogP) is 5.35. The van der Waals surface area contributed by atoms with E-state index in [4.69, 9.17) is 0 Å². The molecule has 27 heavy (non-hydrogen) atoms. The van der Waals surface area contributed by atoms with Crippen LogP contribution in [0.2, 0.25) is 0 Å². The highest BCUT2D eigenvalue weighted by molar-refractivity contribution is 6.03. The van der Waals surface area contributed by atoms with E-state index in [9.17, 15) is 10.1 Å². The van der Waals surface area contributed by atoms with Gasteiger partial charge in [0.15, 0.2) is 0 Å². The number of nitrogens with zero attached hydrogens (tertiary/aromatic N) is 1. The minimum Gasteiger partial charge on any atom is -0.453 e. The van der Waals surface area contributed by atoms with E-state index in [1.54, 1.807) is 12.1 Å². The number of anilines is 1. The normalized spacial score (nSPS) is 9.78. The summed E-state index contributed by atoms with van der Waals surface area (Å²) in [6, 6.07) is 29.2. The maximum atomic E-state index is 11.3. The van der Waals surface area contributed by atoms with Crippen LogP contribution in [0.1, 0.15) is 16.7 Å². The summed E-state index contributed by atoms with van der Waals surface area (Å²) in [5, 5.41) is 12.5. The molecular weight excluding hydrogens is 336 g/mol. The summed E-state index contributed by atoms with van der Waals surface area (Å²) in [6.07, 6.45) is -0.534. The van der Waals surface area contributed by atoms with E-state index >= 15 is 0 Å². The molecule has 3 aromatic carbocycles. The standard InChI is InChI=1S/C23H18N2O2/c1-27-23(26)25-20-14-12-17(13-15-20)21(16-24)22(18-8-4-2-5-9-18)19-10-6-3-7-11-19/h2-15H,1H3,(H,25,26). The molecule has 0 atom stereocenters. The van der Waals surface area contributed by atoms with Crippen LogP contribution in [-0.4, -0.2) is 13.2 Å². The number of hydrogen-bond donors (Lipinski definition) is 1. The Hall–Kier alpha value is -3.84. The fraction of sp³-hybridized carbons (Fsp3) is 0.0435. The Labute approximate surface area is 158 Å². The highest BCUT2D eigenvalue weighted by Crippen LogP contribution is 2.32. The predicted molar refractivity (Wildman–Crippen MR) is 107 cm³/mol. The molecule has 0 radical (unpaired) electrons. The number of nitrogens with one attached hydrogen (secondary N) is 1. The van der Waals surface area contributed by atoms with Gasteiger partial charge >= 0.3 is 6.09 Å². The first-order chi connectivity index (χ1) is 13.2. The summed E-state index contributed by atoms with van der Waals surface area (Å²) >= 11 is 0. The van der Waals surface area contributed by atoms with Crippen molar-refractivity contribution < 1.29 is 9.53 Å². The second-order valence-electron chi connectivity index (χ2n) is 5.79. The smallest absolute Gasteiger partial charge is 0.411 e. The van der Waals surface area contributed by atoms with Gasteiger partial charge in [-0.15, -0.1) is 0 Å². The van der Waals surface area contributed by atoms with Gasteiger partial charge in [0.25, 0.3) is 0 Å². The molecule has 0 heterocycles. The Morgan fingerprint density at radius 3 is 1.78 bits per heavy atom. The van der Waals surface area contributed by atoms with Gasteiger partial charge in [0.2, 0.25) is 0 Å². The fourth-order valence-corrected chi connectivity index (χ4v) is 2.82. The lowest BCUT2D eigenvalue weighted by Crippen LogP contribution is -2.10. The number of benzene rings is 3. The summed E-state index contributed by atoms with van der Waals surface area (Å²) in [5.41, 5.74) is 4.75. The summed E-state index contributed by atoms with van der Waals surface area (Å²) in [7, 11) is 1.31. The number of allylic oxidation sites excluding steroid dienone is 1. The highest BCUT2D eigenvalue weighted by atomic mass is 16.5. The van der Waals surface area contributed by atoms with E-state index in [1.165, 1.54) is 7.11 Å². The minimum absolute atomic E-state index is 0.534. The average molecular weight is 354 g/mol. The Morgan fingerprint density at radius 1 is 0.815 bits per heavy atom. The van der Waals surface area contributed by atoms with Crippen LogP contribution in [0.3, 0.4) is 0 Å². The molecule has 0 unspecified atom stereocenters. The van der Waals surface area contributed by atoms with Crippen LogP contribution >= 0.6 is 0 Å². The maximum Gasteiger partial charge on any atom is 0.411 e. The summed E-state index contributed by atoms with van der Waals surface area (Å²) in [5.74, 6) is 0. The fourth-order valence-electron chi connectivity index (χ4n) is 2.82. The first kappa shape index (κ1) is 18.0. The van der Waals surface area contributed by atoms with Crippen LogP contribution in [-0.2, 0) is 4.74 Å². The minimum atomic E-state index is -0.534. The van der Waals surface area contributed by atoms with Crippen molar-refractivity contribution >= 4 is 22.9 Å². The van der Waals surface area contributed by atoms with Crippen LogP contribution in [0.4, 0.5) is 10.5 Å². The van der Waals surface area contributed by atoms with Crippen molar-refractivity contribution in [1.82, 2.24) is 0 Å². The largest absolute Gasteiger partial charge is 0.453 e. The number of carbonyl (C=O) groups is 1. The highest BCUT2D eigenvalue weighted by Gasteiger charge is 2.14. The molecule has 0 aliphatic carbocycles. The van der Waals surface area contributed by atoms with Crippen molar-refractivity contribution in [3.05, 3.63) is 102 Å². The Kier molecular flexibility index (Phi) is 5.66. The van der Waals surface area contributed by atoms with Crippen LogP contribution in [0, 0.1) is 11.3 Å². The molecule has 0 fully saturated rings. The molecule has 4 heteroatoms. The first-order valence-electron chi connectivity index (χ1n) is 8.43. The Balaban J connectivity index is 2.11. The van der Waals surface area contributed by atoms with Gasteiger partial charge in [-0.3, -0.25) is 5.32 Å². The molecule has 0 bridgehead atoms. The molecule has 0 aliphatic heterocycles. The molecule has 0 aliphatic rings. The van der Waals surface area contributed by atoms with Gasteiger partial charge in [-0.1, -0.05) is 72.8 Å². The molecule has 1 amide bonds. The Bertz CT molecular complexity index is 945. The van der Waals surface area contributed by atoms with Gasteiger partial charge in [-0.25, -0.2) is 4.79 Å². The van der Waals surface area contributed by atoms with E-state index in [2.05, 4.69) is 16.1 Å². The summed E-state index contributed by atoms with van der Waals surface area (Å²) in [6.45, 7) is 0. The van der Waals surface area contributed by atoms with E-state index in [0.29, 0.717) is 11.3 Å². The number of hydrogen-bond acceptors (Lipinski definition) is 3. The quantitative estimate of drug-likeness (QED) is 0.507. The second kappa shape index (κ2) is 8.50. The van der Waals surface area contributed by atoms with Crippen molar-refractivity contribution in [2.24, 2.45) is 0 Å². The van der Waals surface area contributed by atoms with Gasteiger partial charge in [-0.2, -0.15) is 5.26 Å². The SMILES string of the molecule is COC(=O)Nc1ccc(C(C#N)=C(c2ccccc2)c2ccccc2)cc1. The number of carbonyl (C=O) groups excluding carboxylic acids is 1. The lowest BCUT2D eigenvalue weighted by Gasteiger charge is -2.13. The maximum absolute atomic E-state index is 11.3. The van der Waals surface area contributed by atoms with Crippen molar-refractivity contribution in [3.8, 4) is 6.07 Å². The van der Waals surface area contributed by atoms with Crippen molar-refractivity contribution in [3.63, 3.8) is 0 Å². The van der Waals surface area contributed by atoms with E-state index in [-0.39, 0.29) is 0 Å². The molecule has 0 saturated carbocycles. The Morgan fingerprint density at radius 2 is 1.33 bits per heavy atom. The van der Waals surface area contributed by atoms with E-state index in [0.717, 1.165) is 22.3 Å². The zero-order valence-electron chi connectivity index (χ0n) is 14.8. The average Bonchev–Trinajstić information content (AvgIpc) is 2.74. The number of rotatable bonds is 4. The summed E-state index contributed by atoms with van der Waals surface area (Å²) < 4.78 is 4.60. The van der Waals surface area contributed by atoms with Crippen LogP contribution in [0.25, 0.3) is 11.1 Å². The van der Waals surface area contributed by atoms with Gasteiger partial charge < -0.3 is 4.74 Å². The van der Waals surface area contributed by atoms with Gasteiger partial charge in [0, 0.05) is 11.3 Å². The molecule has 3 aromatic rings. The van der Waals surface area contributed by atoms with Gasteiger partial charge in [-0.05, 0) is 28.8 Å². The third kappa shape index (κ3) is 4.23. The summed E-state index contributed by atoms with van der Waals surface area (Å²) in [4.78, 5) is 11.3. The van der Waals surface area contributed by atoms with Crippen molar-refractivity contribution in [2.45, 2.75) is 0 Å². The zero-order valence-corrected chi connectivity index (χ0v) is 14.8. The second-order valence-corrected chi connectivity index (χ2v) is 5.79. The number of ether oxygens (including phenoxy) is 1. The van der Waals surface area contributed by atoms with E-state index in [1.807, 2.05) is 72.8 Å². The molecule has 1 N–H and O–H groups in total. The lowest BCUT2D eigenvalue weighted by molar-refractivity contribution is 0.187. The third-order valence-electron chi connectivity index (χ3n) is 4.09. The number of amides is 1. The molecule has 132 valence electrons. The monoisotopic (exact) mass is 354 g/mol. The zero-order chi connectivity index (χ0) is 19.1. The molecule has 0 spiro atoms. The third-order valence-corrected chi connectivity index (χ3v) is 4.09. The molecular formula is C23H18N2O2. The van der Waals surface area contributed by atoms with Crippen LogP contribution < -0.4 is 5.32 Å². The molecule has 0 aromatic heterocycles.